The molecular weight excluding hydrogens is 1580 g/mol. The number of aliphatic hydroxyl groups is 4. The van der Waals surface area contributed by atoms with Gasteiger partial charge in [0.15, 0.2) is 0 Å². The second kappa shape index (κ2) is 82.8. The Labute approximate surface area is 708 Å². The fourth-order valence-electron chi connectivity index (χ4n) is 11.4. The fourth-order valence-corrected chi connectivity index (χ4v) is 11.4. The van der Waals surface area contributed by atoms with E-state index < -0.39 is 82.9 Å². The minimum Gasteiger partial charge on any atom is -0.396 e. The van der Waals surface area contributed by atoms with E-state index in [0.29, 0.717) is 98.4 Å². The van der Waals surface area contributed by atoms with E-state index in [2.05, 4.69) is 30.9 Å². The monoisotopic (exact) mass is 1730 g/mol. The third-order valence-electron chi connectivity index (χ3n) is 16.7. The average molecular weight is 1730 g/mol. The van der Waals surface area contributed by atoms with Gasteiger partial charge >= 0.3 is 23.9 Å². The summed E-state index contributed by atoms with van der Waals surface area (Å²) >= 11 is 0. The van der Waals surface area contributed by atoms with E-state index in [9.17, 15) is 97.1 Å². The van der Waals surface area contributed by atoms with Gasteiger partial charge in [-0.15, -0.1) is 10.1 Å². The van der Waals surface area contributed by atoms with Crippen molar-refractivity contribution in [3.8, 4) is 0 Å². The van der Waals surface area contributed by atoms with Gasteiger partial charge in [0.1, 0.15) is 27.2 Å². The van der Waals surface area contributed by atoms with Crippen LogP contribution in [0.15, 0.2) is 24.3 Å². The molecule has 0 saturated carbocycles. The zero-order valence-electron chi connectivity index (χ0n) is 63.7. The number of amides is 12. The molecule has 4 rings (SSSR count). The number of carbonyl (C=O) groups excluding carboxylic acids is 20. The highest BCUT2D eigenvalue weighted by Crippen LogP contribution is 2.41. The lowest BCUT2D eigenvalue weighted by molar-refractivity contribution is -0.197. The van der Waals surface area contributed by atoms with Crippen LogP contribution in [0, 0.1) is 10.8 Å². The van der Waals surface area contributed by atoms with E-state index >= 15 is 0 Å². The molecule has 40 nitrogen and oxygen atoms in total. The molecule has 4 aliphatic heterocycles. The molecule has 0 aromatic carbocycles. The lowest BCUT2D eigenvalue weighted by Gasteiger charge is -2.34. The first-order valence-corrected chi connectivity index (χ1v) is 36.6. The van der Waals surface area contributed by atoms with Crippen molar-refractivity contribution in [1.82, 2.24) is 41.5 Å². The minimum absolute atomic E-state index is 0. The number of hydrogen-bond acceptors (Lipinski definition) is 32. The molecule has 0 aromatic heterocycles. The SMILES string of the molecule is C.C.C.C.C.C.C.C.C=O.C=O.C=O.C=O.O=C(CCC(=O)ON1C(=O)C=CC1=O)NCCOCCCC(CCCO)(CCCO)CCCOCCNC(=O)CCC(=O)ON1C(=O)C=CC1=O.O=C(CCCC(=O)ON1C(=O)CCC1=O)NCCOCCCC(CCCO)(CCCO)CCCOCCNC(=O)CCCC(=O)ON1C(=O)CCC1=O. The molecule has 40 heteroatoms. The molecule has 696 valence electrons. The first kappa shape index (κ1) is 131. The molecule has 2 saturated heterocycles. The van der Waals surface area contributed by atoms with Crippen molar-refractivity contribution < 1.29 is 155 Å². The predicted octanol–water partition coefficient (Wildman–Crippen LogP) is 4.92. The average Bonchev–Trinajstić information content (AvgIpc) is 1.46. The van der Waals surface area contributed by atoms with Crippen LogP contribution in [0.1, 0.15) is 252 Å². The van der Waals surface area contributed by atoms with Gasteiger partial charge in [-0.3, -0.25) is 57.5 Å². The third kappa shape index (κ3) is 59.8. The molecule has 0 unspecified atom stereocenters. The summed E-state index contributed by atoms with van der Waals surface area (Å²) in [5.41, 5.74) is -0.266. The quantitative estimate of drug-likeness (QED) is 0.0296. The van der Waals surface area contributed by atoms with E-state index in [4.69, 9.17) is 47.8 Å². The van der Waals surface area contributed by atoms with Crippen LogP contribution in [-0.2, 0) is 134 Å². The molecule has 4 heterocycles. The molecule has 12 amide bonds. The number of hydrogen-bond donors (Lipinski definition) is 8. The van der Waals surface area contributed by atoms with Crippen LogP contribution in [0.4, 0.5) is 0 Å². The Morgan fingerprint density at radius 1 is 0.283 bits per heavy atom. The second-order valence-electron chi connectivity index (χ2n) is 24.9. The van der Waals surface area contributed by atoms with Crippen molar-refractivity contribution in [1.29, 1.82) is 0 Å². The summed E-state index contributed by atoms with van der Waals surface area (Å²) in [5.74, 6) is -9.95. The van der Waals surface area contributed by atoms with Gasteiger partial charge in [-0.1, -0.05) is 69.5 Å². The number of nitrogens with zero attached hydrogens (tertiary/aromatic N) is 4. The maximum Gasteiger partial charge on any atom is 0.333 e. The van der Waals surface area contributed by atoms with E-state index in [1.165, 1.54) is 0 Å². The second-order valence-corrected chi connectivity index (χ2v) is 24.9. The number of carbonyl (C=O) groups is 20. The Hall–Kier alpha value is -9.84. The van der Waals surface area contributed by atoms with Gasteiger partial charge in [0.2, 0.25) is 23.6 Å². The van der Waals surface area contributed by atoms with Crippen LogP contribution in [0.2, 0.25) is 0 Å². The van der Waals surface area contributed by atoms with E-state index in [0.717, 1.165) is 88.5 Å². The number of imide groups is 4. The van der Waals surface area contributed by atoms with E-state index in [1.807, 2.05) is 27.2 Å². The number of aliphatic hydroxyl groups excluding tert-OH is 4. The summed E-state index contributed by atoms with van der Waals surface area (Å²) in [7, 11) is 0. The van der Waals surface area contributed by atoms with Gasteiger partial charge < -0.3 is 99.2 Å². The third-order valence-corrected chi connectivity index (χ3v) is 16.7. The first-order valence-electron chi connectivity index (χ1n) is 36.6. The van der Waals surface area contributed by atoms with Gasteiger partial charge in [0.05, 0.1) is 39.3 Å². The molecule has 8 N–H and O–H groups in total. The molecule has 0 aliphatic carbocycles. The molecule has 2 fully saturated rings. The predicted molar refractivity (Wildman–Crippen MR) is 439 cm³/mol. The summed E-state index contributed by atoms with van der Waals surface area (Å²) < 4.78 is 22.8. The van der Waals surface area contributed by atoms with Crippen molar-refractivity contribution in [2.24, 2.45) is 10.8 Å². The Morgan fingerprint density at radius 3 is 0.708 bits per heavy atom. The highest BCUT2D eigenvalue weighted by molar-refractivity contribution is 6.13. The van der Waals surface area contributed by atoms with E-state index in [1.54, 1.807) is 0 Å². The molecular formula is C80H144N8O32. The van der Waals surface area contributed by atoms with Crippen LogP contribution < -0.4 is 21.3 Å². The molecule has 120 heavy (non-hydrogen) atoms. The van der Waals surface area contributed by atoms with Gasteiger partial charge in [0.25, 0.3) is 47.3 Å². The molecule has 0 atom stereocenters. The molecule has 0 radical (unpaired) electrons. The van der Waals surface area contributed by atoms with Crippen LogP contribution in [0.3, 0.4) is 0 Å². The molecule has 0 bridgehead atoms. The number of nitrogens with one attached hydrogen (secondary N) is 4. The summed E-state index contributed by atoms with van der Waals surface area (Å²) in [6.07, 6.45) is 14.9. The topological polar surface area (TPSA) is 557 Å². The molecule has 0 aromatic rings. The summed E-state index contributed by atoms with van der Waals surface area (Å²) in [6, 6.07) is 0. The largest absolute Gasteiger partial charge is 0.396 e. The van der Waals surface area contributed by atoms with Crippen LogP contribution in [0.25, 0.3) is 0 Å². The zero-order chi connectivity index (χ0) is 84.4. The van der Waals surface area contributed by atoms with Crippen LogP contribution in [0.5, 0.6) is 0 Å². The maximum absolute atomic E-state index is 12.1. The smallest absolute Gasteiger partial charge is 0.333 e. The van der Waals surface area contributed by atoms with Gasteiger partial charge in [-0.2, -0.15) is 0 Å². The minimum atomic E-state index is -0.889. The summed E-state index contributed by atoms with van der Waals surface area (Å²) in [5, 5.41) is 50.4. The Bertz CT molecular complexity index is 2710. The van der Waals surface area contributed by atoms with Crippen molar-refractivity contribution in [2.75, 3.05) is 105 Å². The van der Waals surface area contributed by atoms with Crippen molar-refractivity contribution in [3.63, 3.8) is 0 Å². The van der Waals surface area contributed by atoms with Crippen LogP contribution in [-0.4, -0.2) is 268 Å². The van der Waals surface area contributed by atoms with Gasteiger partial charge in [-0.25, -0.2) is 19.2 Å². The van der Waals surface area contributed by atoms with Gasteiger partial charge in [-0.05, 0) is 126 Å². The number of hydroxylamine groups is 8. The van der Waals surface area contributed by atoms with Crippen molar-refractivity contribution in [3.05, 3.63) is 24.3 Å². The zero-order valence-corrected chi connectivity index (χ0v) is 63.7. The molecule has 4 aliphatic rings. The Morgan fingerprint density at radius 2 is 0.483 bits per heavy atom. The van der Waals surface area contributed by atoms with Crippen molar-refractivity contribution in [2.45, 2.75) is 252 Å². The number of rotatable bonds is 58. The summed E-state index contributed by atoms with van der Waals surface area (Å²) in [6.45, 7) is 12.1. The summed E-state index contributed by atoms with van der Waals surface area (Å²) in [4.78, 5) is 238. The fraction of sp³-hybridized carbons (Fsp3) is 0.700. The maximum atomic E-state index is 12.1. The van der Waals surface area contributed by atoms with Crippen LogP contribution >= 0.6 is 0 Å². The first-order chi connectivity index (χ1) is 54.0. The number of ether oxygens (including phenoxy) is 4. The Balaban J connectivity index is -0.000000219. The van der Waals surface area contributed by atoms with E-state index in [-0.39, 0.29) is 238 Å². The normalized spacial score (nSPS) is 12.6. The standard InChI is InChI=1S/C35H56N4O14.C33H48N4O14.4CH2O.8CH4/c40-21-3-15-35(16-4-22-41,17-5-23-50-25-19-36-27(42)7-1-9-33(48)52-38-29(44)11-12-30(38)45)18-6-24-51-26-20-37-28(43)8-2-10-34(49)53-39-31(46)13-14-32(39)47;38-19-1-13-33(14-2-20-39,15-3-21-48-23-17-34-25(40)5-11-31(46)50-36-27(42)7-8-28(36)43)16-4-22-49-24-18-35-26(41)6-12-32(47)51-37-29(44)9-10-30(37)45;4*1-2;;;;;;;;/h40-41H,1-26H2,(H,36,42)(H,37,43);7-10,38-39H,1-6,11-24H2,(H,34,40)(H,35,41);4*1H2;8*1H4. The van der Waals surface area contributed by atoms with Crippen molar-refractivity contribution >= 4 is 122 Å². The lowest BCUT2D eigenvalue weighted by atomic mass is 9.72. The highest BCUT2D eigenvalue weighted by Gasteiger charge is 2.36. The molecule has 0 spiro atoms. The lowest BCUT2D eigenvalue weighted by Crippen LogP contribution is -2.33. The van der Waals surface area contributed by atoms with Gasteiger partial charge in [0, 0.05) is 168 Å². The Kier molecular flexibility index (Phi) is 90.3. The highest BCUT2D eigenvalue weighted by atomic mass is 16.7.